The molecule has 1 aliphatic rings. The van der Waals surface area contributed by atoms with Crippen LogP contribution in [0.3, 0.4) is 0 Å². The standard InChI is InChI=1S/C17H19NO3/c1-20-14-7-6-13(17(8-14)21-2)10-18-9-12-4-3-5-16(19)15(12)11-18/h3-8,19H,9-11H2,1-2H3. The van der Waals surface area contributed by atoms with E-state index in [-0.39, 0.29) is 0 Å². The Bertz CT molecular complexity index is 654. The monoisotopic (exact) mass is 285 g/mol. The van der Waals surface area contributed by atoms with E-state index in [9.17, 15) is 5.11 Å². The number of nitrogens with zero attached hydrogens (tertiary/aromatic N) is 1. The first-order valence-corrected chi connectivity index (χ1v) is 6.94. The van der Waals surface area contributed by atoms with Gasteiger partial charge in [-0.1, -0.05) is 18.2 Å². The summed E-state index contributed by atoms with van der Waals surface area (Å²) >= 11 is 0. The van der Waals surface area contributed by atoms with Crippen LogP contribution in [-0.2, 0) is 19.6 Å². The number of aromatic hydroxyl groups is 1. The van der Waals surface area contributed by atoms with E-state index in [0.717, 1.165) is 42.3 Å². The highest BCUT2D eigenvalue weighted by atomic mass is 16.5. The van der Waals surface area contributed by atoms with Gasteiger partial charge in [0.1, 0.15) is 17.2 Å². The van der Waals surface area contributed by atoms with E-state index in [2.05, 4.69) is 11.0 Å². The Labute approximate surface area is 124 Å². The van der Waals surface area contributed by atoms with Gasteiger partial charge < -0.3 is 14.6 Å². The summed E-state index contributed by atoms with van der Waals surface area (Å²) in [6.45, 7) is 2.39. The highest BCUT2D eigenvalue weighted by Crippen LogP contribution is 2.33. The van der Waals surface area contributed by atoms with Crippen molar-refractivity contribution in [1.29, 1.82) is 0 Å². The predicted octanol–water partition coefficient (Wildman–Crippen LogP) is 2.93. The first kappa shape index (κ1) is 13.8. The van der Waals surface area contributed by atoms with Crippen LogP contribution in [0, 0.1) is 0 Å². The fourth-order valence-electron chi connectivity index (χ4n) is 2.81. The van der Waals surface area contributed by atoms with Gasteiger partial charge in [-0.2, -0.15) is 0 Å². The van der Waals surface area contributed by atoms with Crippen LogP contribution in [-0.4, -0.2) is 24.2 Å². The van der Waals surface area contributed by atoms with E-state index in [1.54, 1.807) is 20.3 Å². The van der Waals surface area contributed by atoms with Gasteiger partial charge in [-0.25, -0.2) is 0 Å². The summed E-state index contributed by atoms with van der Waals surface area (Å²) in [6.07, 6.45) is 0. The summed E-state index contributed by atoms with van der Waals surface area (Å²) in [4.78, 5) is 2.29. The second-order valence-corrected chi connectivity index (χ2v) is 5.24. The fourth-order valence-corrected chi connectivity index (χ4v) is 2.81. The summed E-state index contributed by atoms with van der Waals surface area (Å²) in [6, 6.07) is 11.6. The Morgan fingerprint density at radius 1 is 1.10 bits per heavy atom. The minimum atomic E-state index is 0.386. The summed E-state index contributed by atoms with van der Waals surface area (Å²) in [5.74, 6) is 2.00. The predicted molar refractivity (Wildman–Crippen MR) is 80.6 cm³/mol. The molecule has 0 fully saturated rings. The van der Waals surface area contributed by atoms with Crippen LogP contribution in [0.5, 0.6) is 17.2 Å². The van der Waals surface area contributed by atoms with Gasteiger partial charge in [-0.15, -0.1) is 0 Å². The van der Waals surface area contributed by atoms with E-state index < -0.39 is 0 Å². The Kier molecular flexibility index (Phi) is 3.71. The molecule has 0 unspecified atom stereocenters. The van der Waals surface area contributed by atoms with Crippen molar-refractivity contribution in [2.45, 2.75) is 19.6 Å². The molecule has 0 atom stereocenters. The van der Waals surface area contributed by atoms with Crippen LogP contribution in [0.1, 0.15) is 16.7 Å². The summed E-state index contributed by atoms with van der Waals surface area (Å²) in [5.41, 5.74) is 3.35. The van der Waals surface area contributed by atoms with E-state index in [1.807, 2.05) is 24.3 Å². The fraction of sp³-hybridized carbons (Fsp3) is 0.294. The number of ether oxygens (including phenoxy) is 2. The van der Waals surface area contributed by atoms with Gasteiger partial charge in [0, 0.05) is 36.8 Å². The molecular weight excluding hydrogens is 266 g/mol. The van der Waals surface area contributed by atoms with E-state index >= 15 is 0 Å². The molecule has 0 bridgehead atoms. The molecule has 0 aliphatic carbocycles. The third-order valence-corrected chi connectivity index (χ3v) is 3.91. The summed E-state index contributed by atoms with van der Waals surface area (Å²) in [5, 5.41) is 9.92. The molecule has 1 heterocycles. The largest absolute Gasteiger partial charge is 0.508 e. The van der Waals surface area contributed by atoms with Crippen molar-refractivity contribution in [2.75, 3.05) is 14.2 Å². The zero-order valence-corrected chi connectivity index (χ0v) is 12.3. The molecule has 110 valence electrons. The van der Waals surface area contributed by atoms with Crippen LogP contribution in [0.25, 0.3) is 0 Å². The molecule has 0 spiro atoms. The lowest BCUT2D eigenvalue weighted by Gasteiger charge is -2.17. The Balaban J connectivity index is 1.79. The quantitative estimate of drug-likeness (QED) is 0.938. The number of benzene rings is 2. The number of rotatable bonds is 4. The van der Waals surface area contributed by atoms with Crippen LogP contribution in [0.2, 0.25) is 0 Å². The van der Waals surface area contributed by atoms with Crippen LogP contribution in [0.15, 0.2) is 36.4 Å². The summed E-state index contributed by atoms with van der Waals surface area (Å²) in [7, 11) is 3.32. The van der Waals surface area contributed by atoms with Gasteiger partial charge in [0.15, 0.2) is 0 Å². The zero-order valence-electron chi connectivity index (χ0n) is 12.3. The van der Waals surface area contributed by atoms with E-state index in [1.165, 1.54) is 5.56 Å². The Morgan fingerprint density at radius 3 is 2.67 bits per heavy atom. The molecule has 21 heavy (non-hydrogen) atoms. The molecule has 1 aliphatic heterocycles. The van der Waals surface area contributed by atoms with Gasteiger partial charge >= 0.3 is 0 Å². The molecule has 2 aromatic carbocycles. The van der Waals surface area contributed by atoms with Gasteiger partial charge in [0.05, 0.1) is 14.2 Å². The highest BCUT2D eigenvalue weighted by Gasteiger charge is 2.22. The van der Waals surface area contributed by atoms with Crippen molar-refractivity contribution in [2.24, 2.45) is 0 Å². The van der Waals surface area contributed by atoms with E-state index in [4.69, 9.17) is 9.47 Å². The molecule has 0 aromatic heterocycles. The number of phenols is 1. The molecule has 0 radical (unpaired) electrons. The maximum Gasteiger partial charge on any atom is 0.127 e. The minimum absolute atomic E-state index is 0.386. The number of hydrogen-bond donors (Lipinski definition) is 1. The smallest absolute Gasteiger partial charge is 0.127 e. The molecule has 0 saturated heterocycles. The van der Waals surface area contributed by atoms with Gasteiger partial charge in [0.2, 0.25) is 0 Å². The molecule has 0 amide bonds. The zero-order chi connectivity index (χ0) is 14.8. The molecule has 1 N–H and O–H groups in total. The molecule has 2 aromatic rings. The third-order valence-electron chi connectivity index (χ3n) is 3.91. The van der Waals surface area contributed by atoms with Gasteiger partial charge in [-0.3, -0.25) is 4.90 Å². The number of fused-ring (bicyclic) bond motifs is 1. The molecule has 0 saturated carbocycles. The average Bonchev–Trinajstić information content (AvgIpc) is 2.91. The molecule has 4 heteroatoms. The first-order chi connectivity index (χ1) is 10.2. The maximum atomic E-state index is 9.92. The van der Waals surface area contributed by atoms with Crippen LogP contribution < -0.4 is 9.47 Å². The number of phenolic OH excluding ortho intramolecular Hbond substituents is 1. The number of hydrogen-bond acceptors (Lipinski definition) is 4. The minimum Gasteiger partial charge on any atom is -0.508 e. The average molecular weight is 285 g/mol. The first-order valence-electron chi connectivity index (χ1n) is 6.94. The van der Waals surface area contributed by atoms with Crippen LogP contribution in [0.4, 0.5) is 0 Å². The topological polar surface area (TPSA) is 41.9 Å². The third kappa shape index (κ3) is 2.67. The second-order valence-electron chi connectivity index (χ2n) is 5.24. The van der Waals surface area contributed by atoms with Crippen LogP contribution >= 0.6 is 0 Å². The normalized spacial score (nSPS) is 14.0. The molecular formula is C17H19NO3. The highest BCUT2D eigenvalue weighted by molar-refractivity contribution is 5.43. The lowest BCUT2D eigenvalue weighted by Crippen LogP contribution is -2.16. The molecule has 4 nitrogen and oxygen atoms in total. The van der Waals surface area contributed by atoms with Gasteiger partial charge in [-0.05, 0) is 17.7 Å². The molecule has 3 rings (SSSR count). The Morgan fingerprint density at radius 2 is 1.95 bits per heavy atom. The van der Waals surface area contributed by atoms with E-state index in [0.29, 0.717) is 5.75 Å². The lowest BCUT2D eigenvalue weighted by atomic mass is 10.1. The second kappa shape index (κ2) is 5.66. The Hall–Kier alpha value is -2.20. The van der Waals surface area contributed by atoms with Crippen molar-refractivity contribution in [3.05, 3.63) is 53.1 Å². The van der Waals surface area contributed by atoms with Crippen molar-refractivity contribution in [3.63, 3.8) is 0 Å². The SMILES string of the molecule is COc1ccc(CN2Cc3cccc(O)c3C2)c(OC)c1. The lowest BCUT2D eigenvalue weighted by molar-refractivity contribution is 0.268. The van der Waals surface area contributed by atoms with Crippen molar-refractivity contribution >= 4 is 0 Å². The maximum absolute atomic E-state index is 9.92. The van der Waals surface area contributed by atoms with Gasteiger partial charge in [0.25, 0.3) is 0 Å². The van der Waals surface area contributed by atoms with Crippen molar-refractivity contribution < 1.29 is 14.6 Å². The summed E-state index contributed by atoms with van der Waals surface area (Å²) < 4.78 is 10.7. The number of methoxy groups -OCH3 is 2. The van der Waals surface area contributed by atoms with Crippen molar-refractivity contribution in [3.8, 4) is 17.2 Å². The van der Waals surface area contributed by atoms with Crippen molar-refractivity contribution in [1.82, 2.24) is 4.90 Å².